The second kappa shape index (κ2) is 10.2. The average Bonchev–Trinajstić information content (AvgIpc) is 3.00. The van der Waals surface area contributed by atoms with Crippen LogP contribution in [-0.4, -0.2) is 45.2 Å². The smallest absolute Gasteiger partial charge is 0.502 e. The summed E-state index contributed by atoms with van der Waals surface area (Å²) in [5.74, 6) is -2.84. The first-order valence-corrected chi connectivity index (χ1v) is 9.64. The van der Waals surface area contributed by atoms with E-state index in [4.69, 9.17) is 13.9 Å². The standard InChI is InChI=1S/C21H21N3O9/c1-5-23(6-2)20(27)14(10-22)7-13-8-15(24(29)30)18(26)16(9-13)32-21(28)33-19-12(4)31-11(3)17(19)25/h7-9,25-26H,5-6H2,1-4H3. The number of aryl methyl sites for hydroxylation is 2. The summed E-state index contributed by atoms with van der Waals surface area (Å²) in [6.07, 6.45) is -0.361. The number of rotatable bonds is 7. The summed E-state index contributed by atoms with van der Waals surface area (Å²) in [7, 11) is 0. The zero-order valence-electron chi connectivity index (χ0n) is 18.2. The molecule has 174 valence electrons. The molecule has 0 aliphatic heterocycles. The molecule has 1 aromatic heterocycles. The predicted molar refractivity (Wildman–Crippen MR) is 113 cm³/mol. The van der Waals surface area contributed by atoms with E-state index in [9.17, 15) is 35.2 Å². The average molecular weight is 459 g/mol. The van der Waals surface area contributed by atoms with E-state index in [1.807, 2.05) is 0 Å². The zero-order valence-corrected chi connectivity index (χ0v) is 18.2. The number of nitriles is 1. The van der Waals surface area contributed by atoms with E-state index >= 15 is 0 Å². The summed E-state index contributed by atoms with van der Waals surface area (Å²) in [4.78, 5) is 36.5. The number of amides is 1. The van der Waals surface area contributed by atoms with Gasteiger partial charge in [0.2, 0.25) is 17.2 Å². The first-order valence-electron chi connectivity index (χ1n) is 9.64. The summed E-state index contributed by atoms with van der Waals surface area (Å²) in [6, 6.07) is 3.67. The lowest BCUT2D eigenvalue weighted by molar-refractivity contribution is -0.385. The molecular weight excluding hydrogens is 438 g/mol. The Morgan fingerprint density at radius 1 is 1.18 bits per heavy atom. The number of nitro benzene ring substituents is 1. The van der Waals surface area contributed by atoms with E-state index in [2.05, 4.69) is 0 Å². The number of benzene rings is 1. The summed E-state index contributed by atoms with van der Waals surface area (Å²) < 4.78 is 14.9. The zero-order chi connectivity index (χ0) is 24.9. The van der Waals surface area contributed by atoms with E-state index in [0.717, 1.165) is 18.2 Å². The lowest BCUT2D eigenvalue weighted by atomic mass is 10.1. The van der Waals surface area contributed by atoms with Crippen molar-refractivity contribution in [1.82, 2.24) is 4.90 Å². The number of nitrogens with zero attached hydrogens (tertiary/aromatic N) is 3. The molecule has 0 radical (unpaired) electrons. The fourth-order valence-electron chi connectivity index (χ4n) is 2.87. The number of nitro groups is 1. The number of hydrogen-bond acceptors (Lipinski definition) is 10. The predicted octanol–water partition coefficient (Wildman–Crippen LogP) is 3.57. The van der Waals surface area contributed by atoms with E-state index < -0.39 is 39.9 Å². The fourth-order valence-corrected chi connectivity index (χ4v) is 2.87. The molecule has 0 unspecified atom stereocenters. The van der Waals surface area contributed by atoms with Crippen LogP contribution in [0.5, 0.6) is 23.0 Å². The van der Waals surface area contributed by atoms with Crippen molar-refractivity contribution in [2.75, 3.05) is 13.1 Å². The second-order valence-corrected chi connectivity index (χ2v) is 6.64. The first-order chi connectivity index (χ1) is 15.5. The molecule has 2 N–H and O–H groups in total. The van der Waals surface area contributed by atoms with Crippen LogP contribution in [0.15, 0.2) is 22.1 Å². The first kappa shape index (κ1) is 24.7. The van der Waals surface area contributed by atoms with Gasteiger partial charge in [0.05, 0.1) is 4.92 Å². The Balaban J connectivity index is 2.45. The topological polar surface area (TPSA) is 176 Å². The van der Waals surface area contributed by atoms with Gasteiger partial charge in [-0.15, -0.1) is 0 Å². The lowest BCUT2D eigenvalue weighted by Gasteiger charge is -2.17. The minimum absolute atomic E-state index is 0.0578. The van der Waals surface area contributed by atoms with Crippen LogP contribution in [-0.2, 0) is 4.79 Å². The molecule has 12 heteroatoms. The molecule has 0 bridgehead atoms. The quantitative estimate of drug-likeness (QED) is 0.155. The van der Waals surface area contributed by atoms with Crippen molar-refractivity contribution in [3.8, 4) is 29.1 Å². The van der Waals surface area contributed by atoms with Gasteiger partial charge in [-0.05, 0) is 45.4 Å². The highest BCUT2D eigenvalue weighted by molar-refractivity contribution is 6.01. The third-order valence-corrected chi connectivity index (χ3v) is 4.54. The van der Waals surface area contributed by atoms with Crippen LogP contribution in [0.2, 0.25) is 0 Å². The van der Waals surface area contributed by atoms with Gasteiger partial charge >= 0.3 is 11.8 Å². The van der Waals surface area contributed by atoms with Crippen molar-refractivity contribution in [2.24, 2.45) is 0 Å². The van der Waals surface area contributed by atoms with Crippen LogP contribution in [0.3, 0.4) is 0 Å². The molecule has 33 heavy (non-hydrogen) atoms. The number of likely N-dealkylation sites (N-methyl/N-ethyl adjacent to an activating group) is 1. The highest BCUT2D eigenvalue weighted by Crippen LogP contribution is 2.39. The van der Waals surface area contributed by atoms with Crippen molar-refractivity contribution in [3.63, 3.8) is 0 Å². The molecule has 1 aromatic carbocycles. The SMILES string of the molecule is CCN(CC)C(=O)C(C#N)=Cc1cc(OC(=O)Oc2c(C)oc(C)c2O)c(O)c([N+](=O)[O-])c1. The van der Waals surface area contributed by atoms with Gasteiger partial charge in [-0.2, -0.15) is 5.26 Å². The molecule has 0 saturated heterocycles. The fraction of sp³-hybridized carbons (Fsp3) is 0.286. The molecule has 2 rings (SSSR count). The van der Waals surface area contributed by atoms with Crippen molar-refractivity contribution < 1.29 is 38.6 Å². The molecule has 0 saturated carbocycles. The maximum absolute atomic E-state index is 12.5. The Labute approximate surface area is 188 Å². The van der Waals surface area contributed by atoms with Crippen LogP contribution >= 0.6 is 0 Å². The number of aromatic hydroxyl groups is 2. The van der Waals surface area contributed by atoms with Crippen LogP contribution < -0.4 is 9.47 Å². The van der Waals surface area contributed by atoms with E-state index in [0.29, 0.717) is 13.1 Å². The summed E-state index contributed by atoms with van der Waals surface area (Å²) >= 11 is 0. The molecule has 1 amide bonds. The van der Waals surface area contributed by atoms with Gasteiger partial charge < -0.3 is 29.0 Å². The molecule has 12 nitrogen and oxygen atoms in total. The maximum Gasteiger partial charge on any atom is 0.519 e. The van der Waals surface area contributed by atoms with E-state index in [-0.39, 0.29) is 28.4 Å². The highest BCUT2D eigenvalue weighted by atomic mass is 16.7. The number of carbonyl (C=O) groups excluding carboxylic acids is 2. The van der Waals surface area contributed by atoms with E-state index in [1.165, 1.54) is 18.7 Å². The Morgan fingerprint density at radius 2 is 1.82 bits per heavy atom. The monoisotopic (exact) mass is 459 g/mol. The van der Waals surface area contributed by atoms with Crippen molar-refractivity contribution in [2.45, 2.75) is 27.7 Å². The Kier molecular flexibility index (Phi) is 7.64. The largest absolute Gasteiger partial charge is 0.519 e. The minimum Gasteiger partial charge on any atom is -0.502 e. The number of carbonyl (C=O) groups is 2. The molecule has 0 aliphatic rings. The lowest BCUT2D eigenvalue weighted by Crippen LogP contribution is -2.31. The van der Waals surface area contributed by atoms with Crippen molar-refractivity contribution in [1.29, 1.82) is 5.26 Å². The van der Waals surface area contributed by atoms with Gasteiger partial charge in [-0.1, -0.05) is 0 Å². The number of furan rings is 1. The van der Waals surface area contributed by atoms with Gasteiger partial charge in [0.25, 0.3) is 5.91 Å². The van der Waals surface area contributed by atoms with Crippen LogP contribution in [0.4, 0.5) is 10.5 Å². The molecule has 0 fully saturated rings. The summed E-state index contributed by atoms with van der Waals surface area (Å²) in [5, 5.41) is 40.8. The number of ether oxygens (including phenoxy) is 2. The Bertz CT molecular complexity index is 1170. The normalized spacial score (nSPS) is 10.9. The summed E-state index contributed by atoms with van der Waals surface area (Å²) in [5.41, 5.74) is -1.21. The molecule has 1 heterocycles. The number of phenols is 1. The Hall–Kier alpha value is -4.53. The second-order valence-electron chi connectivity index (χ2n) is 6.64. The van der Waals surface area contributed by atoms with E-state index in [1.54, 1.807) is 19.9 Å². The third kappa shape index (κ3) is 5.40. The van der Waals surface area contributed by atoms with Gasteiger partial charge in [0.15, 0.2) is 5.75 Å². The molecule has 0 aliphatic carbocycles. The van der Waals surface area contributed by atoms with Crippen LogP contribution in [0.25, 0.3) is 6.08 Å². The minimum atomic E-state index is -1.43. The molecule has 2 aromatic rings. The highest BCUT2D eigenvalue weighted by Gasteiger charge is 2.25. The van der Waals surface area contributed by atoms with Crippen molar-refractivity contribution >= 4 is 23.8 Å². The third-order valence-electron chi connectivity index (χ3n) is 4.54. The van der Waals surface area contributed by atoms with Gasteiger partial charge in [0, 0.05) is 19.2 Å². The van der Waals surface area contributed by atoms with Gasteiger partial charge in [-0.25, -0.2) is 4.79 Å². The van der Waals surface area contributed by atoms with Gasteiger partial charge in [-0.3, -0.25) is 14.9 Å². The number of phenolic OH excluding ortho intramolecular Hbond substituents is 1. The molecule has 0 spiro atoms. The maximum atomic E-state index is 12.5. The van der Waals surface area contributed by atoms with Gasteiger partial charge in [0.1, 0.15) is 23.2 Å². The molecular formula is C21H21N3O9. The number of hydrogen-bond donors (Lipinski definition) is 2. The Morgan fingerprint density at radius 3 is 2.30 bits per heavy atom. The molecule has 0 atom stereocenters. The van der Waals surface area contributed by atoms with Crippen LogP contribution in [0.1, 0.15) is 30.9 Å². The summed E-state index contributed by atoms with van der Waals surface area (Å²) in [6.45, 7) is 6.96. The van der Waals surface area contributed by atoms with Crippen molar-refractivity contribution in [3.05, 3.63) is 44.9 Å². The van der Waals surface area contributed by atoms with Crippen LogP contribution in [0, 0.1) is 35.3 Å².